The number of hydrogen-bond acceptors (Lipinski definition) is 2. The van der Waals surface area contributed by atoms with Gasteiger partial charge < -0.3 is 10.1 Å². The van der Waals surface area contributed by atoms with Crippen LogP contribution >= 0.6 is 0 Å². The third kappa shape index (κ3) is 1.32. The van der Waals surface area contributed by atoms with Crippen molar-refractivity contribution in [3.63, 3.8) is 0 Å². The molecule has 0 saturated heterocycles. The number of phenols is 1. The fraction of sp³-hybridized carbons (Fsp3) is 0.333. The molecule has 0 spiro atoms. The van der Waals surface area contributed by atoms with Crippen LogP contribution in [0.5, 0.6) is 5.75 Å². The summed E-state index contributed by atoms with van der Waals surface area (Å²) in [7, 11) is 0.923. The molecule has 1 fully saturated rings. The fourth-order valence-electron chi connectivity index (χ4n) is 1.34. The lowest BCUT2D eigenvalue weighted by molar-refractivity contribution is 0.477. The lowest BCUT2D eigenvalue weighted by Gasteiger charge is -2.02. The van der Waals surface area contributed by atoms with Crippen molar-refractivity contribution in [1.29, 1.82) is 0 Å². The van der Waals surface area contributed by atoms with Gasteiger partial charge >= 0.3 is 7.48 Å². The molecule has 1 saturated carbocycles. The van der Waals surface area contributed by atoms with E-state index in [-0.39, 0.29) is 5.75 Å². The molecule has 12 heavy (non-hydrogen) atoms. The fourth-order valence-corrected chi connectivity index (χ4v) is 1.34. The normalized spacial score (nSPS) is 16.1. The summed E-state index contributed by atoms with van der Waals surface area (Å²) in [6, 6.07) is 5.43. The van der Waals surface area contributed by atoms with Crippen molar-refractivity contribution in [2.75, 3.05) is 0 Å². The molecule has 1 aromatic carbocycles. The second-order valence-electron chi connectivity index (χ2n) is 3.22. The summed E-state index contributed by atoms with van der Waals surface area (Å²) in [6.45, 7) is 0. The first kappa shape index (κ1) is 7.68. The average molecular weight is 161 g/mol. The highest BCUT2D eigenvalue weighted by molar-refractivity contribution is 6.46. The molecule has 3 heteroatoms. The largest absolute Gasteiger partial charge is 0.508 e. The highest BCUT2D eigenvalue weighted by Gasteiger charge is 2.23. The third-order valence-corrected chi connectivity index (χ3v) is 2.24. The Labute approximate surface area is 72.1 Å². The van der Waals surface area contributed by atoms with E-state index in [1.54, 1.807) is 12.1 Å². The Morgan fingerprint density at radius 2 is 2.08 bits per heavy atom. The van der Waals surface area contributed by atoms with Gasteiger partial charge in [-0.3, -0.25) is 0 Å². The molecule has 1 aliphatic carbocycles. The Bertz CT molecular complexity index is 295. The minimum atomic E-state index is 0.168. The Kier molecular flexibility index (Phi) is 1.81. The van der Waals surface area contributed by atoms with Crippen molar-refractivity contribution in [3.8, 4) is 5.75 Å². The van der Waals surface area contributed by atoms with E-state index in [9.17, 15) is 5.11 Å². The van der Waals surface area contributed by atoms with Crippen LogP contribution < -0.4 is 5.46 Å². The summed E-state index contributed by atoms with van der Waals surface area (Å²) in [6.07, 6.45) is 2.45. The van der Waals surface area contributed by atoms with Crippen molar-refractivity contribution in [3.05, 3.63) is 23.8 Å². The van der Waals surface area contributed by atoms with Gasteiger partial charge in [0, 0.05) is 0 Å². The Morgan fingerprint density at radius 1 is 1.33 bits per heavy atom. The molecule has 0 aromatic heterocycles. The molecule has 2 N–H and O–H groups in total. The molecule has 1 aliphatic rings. The van der Waals surface area contributed by atoms with Crippen molar-refractivity contribution < 1.29 is 10.1 Å². The summed E-state index contributed by atoms with van der Waals surface area (Å²) in [4.78, 5) is 0. The van der Waals surface area contributed by atoms with Crippen LogP contribution in [0.25, 0.3) is 0 Å². The summed E-state index contributed by atoms with van der Waals surface area (Å²) in [5.41, 5.74) is 1.66. The predicted molar refractivity (Wildman–Crippen MR) is 47.7 cm³/mol. The zero-order valence-electron chi connectivity index (χ0n) is 6.70. The summed E-state index contributed by atoms with van der Waals surface area (Å²) < 4.78 is 0. The van der Waals surface area contributed by atoms with Gasteiger partial charge in [0.2, 0.25) is 0 Å². The summed E-state index contributed by atoms with van der Waals surface area (Å²) in [5, 5.41) is 18.1. The third-order valence-electron chi connectivity index (χ3n) is 2.24. The minimum Gasteiger partial charge on any atom is -0.508 e. The highest BCUT2D eigenvalue weighted by Crippen LogP contribution is 2.40. The zero-order chi connectivity index (χ0) is 8.55. The maximum Gasteiger partial charge on any atom is 0.330 e. The van der Waals surface area contributed by atoms with Crippen LogP contribution in [0.15, 0.2) is 18.2 Å². The van der Waals surface area contributed by atoms with Gasteiger partial charge in [0.1, 0.15) is 5.75 Å². The highest BCUT2D eigenvalue weighted by atomic mass is 16.3. The molecule has 0 amide bonds. The Morgan fingerprint density at radius 3 is 2.58 bits per heavy atom. The van der Waals surface area contributed by atoms with Crippen LogP contribution in [-0.4, -0.2) is 17.6 Å². The maximum atomic E-state index is 9.38. The van der Waals surface area contributed by atoms with Crippen LogP contribution in [0, 0.1) is 0 Å². The molecular formula is C9H10BO2. The molecule has 1 radical (unpaired) electrons. The van der Waals surface area contributed by atoms with Gasteiger partial charge in [-0.2, -0.15) is 0 Å². The monoisotopic (exact) mass is 161 g/mol. The molecule has 61 valence electrons. The van der Waals surface area contributed by atoms with Crippen molar-refractivity contribution in [1.82, 2.24) is 0 Å². The van der Waals surface area contributed by atoms with E-state index in [4.69, 9.17) is 5.02 Å². The lowest BCUT2D eigenvalue weighted by atomic mass is 9.87. The van der Waals surface area contributed by atoms with Crippen LogP contribution in [0.4, 0.5) is 0 Å². The minimum absolute atomic E-state index is 0.168. The van der Waals surface area contributed by atoms with Gasteiger partial charge in [0.25, 0.3) is 0 Å². The molecule has 0 bridgehead atoms. The first-order valence-corrected chi connectivity index (χ1v) is 4.11. The van der Waals surface area contributed by atoms with E-state index in [2.05, 4.69) is 0 Å². The molecule has 0 atom stereocenters. The first-order valence-electron chi connectivity index (χ1n) is 4.11. The molecule has 2 rings (SSSR count). The molecule has 0 aliphatic heterocycles. The number of hydrogen-bond donors (Lipinski definition) is 2. The van der Waals surface area contributed by atoms with E-state index in [1.165, 1.54) is 18.4 Å². The van der Waals surface area contributed by atoms with E-state index < -0.39 is 0 Å². The number of phenolic OH excluding ortho intramolecular Hbond substituents is 1. The quantitative estimate of drug-likeness (QED) is 0.620. The topological polar surface area (TPSA) is 40.5 Å². The van der Waals surface area contributed by atoms with Crippen molar-refractivity contribution in [2.24, 2.45) is 0 Å². The zero-order valence-corrected chi connectivity index (χ0v) is 6.70. The summed E-state index contributed by atoms with van der Waals surface area (Å²) >= 11 is 0. The second kappa shape index (κ2) is 2.83. The Balaban J connectivity index is 2.30. The van der Waals surface area contributed by atoms with Crippen LogP contribution in [0.1, 0.15) is 24.3 Å². The van der Waals surface area contributed by atoms with E-state index in [1.807, 2.05) is 6.07 Å². The van der Waals surface area contributed by atoms with E-state index in [0.717, 1.165) is 7.48 Å². The van der Waals surface area contributed by atoms with Crippen LogP contribution in [0.3, 0.4) is 0 Å². The van der Waals surface area contributed by atoms with E-state index in [0.29, 0.717) is 11.4 Å². The number of benzene rings is 1. The second-order valence-corrected chi connectivity index (χ2v) is 3.22. The number of aromatic hydroxyl groups is 1. The number of rotatable bonds is 2. The van der Waals surface area contributed by atoms with Crippen molar-refractivity contribution >= 4 is 12.9 Å². The van der Waals surface area contributed by atoms with Gasteiger partial charge in [-0.05, 0) is 35.9 Å². The lowest BCUT2D eigenvalue weighted by Crippen LogP contribution is -2.13. The standard InChI is InChI=1S/C9H10BO2/c11-9-5-7(6-1-2-6)3-4-8(9)10-12/h3-6,11-12H,1-2H2. The molecular weight excluding hydrogens is 151 g/mol. The van der Waals surface area contributed by atoms with Crippen LogP contribution in [-0.2, 0) is 0 Å². The molecule has 0 unspecified atom stereocenters. The van der Waals surface area contributed by atoms with Crippen molar-refractivity contribution in [2.45, 2.75) is 18.8 Å². The first-order chi connectivity index (χ1) is 5.81. The van der Waals surface area contributed by atoms with Crippen LogP contribution in [0.2, 0.25) is 0 Å². The molecule has 2 nitrogen and oxygen atoms in total. The van der Waals surface area contributed by atoms with Gasteiger partial charge in [-0.15, -0.1) is 0 Å². The Hall–Kier alpha value is -0.955. The summed E-state index contributed by atoms with van der Waals surface area (Å²) in [5.74, 6) is 0.811. The maximum absolute atomic E-state index is 9.38. The van der Waals surface area contributed by atoms with Gasteiger partial charge in [0.15, 0.2) is 0 Å². The predicted octanol–water partition coefficient (Wildman–Crippen LogP) is 0.506. The SMILES string of the molecule is O[B]c1ccc(C2CC2)cc1O. The molecule has 0 heterocycles. The average Bonchev–Trinajstić information content (AvgIpc) is 2.86. The smallest absolute Gasteiger partial charge is 0.330 e. The van der Waals surface area contributed by atoms with Gasteiger partial charge in [-0.1, -0.05) is 12.1 Å². The van der Waals surface area contributed by atoms with Gasteiger partial charge in [-0.25, -0.2) is 0 Å². The van der Waals surface area contributed by atoms with Gasteiger partial charge in [0.05, 0.1) is 0 Å². The molecule has 1 aromatic rings. The van der Waals surface area contributed by atoms with E-state index >= 15 is 0 Å².